The Morgan fingerprint density at radius 2 is 1.58 bits per heavy atom. The summed E-state index contributed by atoms with van der Waals surface area (Å²) in [6.07, 6.45) is 4.07. The van der Waals surface area contributed by atoms with E-state index >= 15 is 0 Å². The van der Waals surface area contributed by atoms with Gasteiger partial charge in [0.1, 0.15) is 11.0 Å². The summed E-state index contributed by atoms with van der Waals surface area (Å²) < 4.78 is 16.4. The van der Waals surface area contributed by atoms with Crippen molar-refractivity contribution < 1.29 is 9.47 Å². The Morgan fingerprint density at radius 3 is 2.28 bits per heavy atom. The Kier molecular flexibility index (Phi) is 7.94. The number of methoxy groups -OCH3 is 2. The molecule has 1 unspecified atom stereocenters. The lowest BCUT2D eigenvalue weighted by molar-refractivity contribution is 0.166. The first kappa shape index (κ1) is 24.5. The first-order valence-corrected chi connectivity index (χ1v) is 13.4. The van der Waals surface area contributed by atoms with Crippen LogP contribution in [0.4, 0.5) is 0 Å². The molecule has 5 rings (SSSR count). The van der Waals surface area contributed by atoms with Crippen molar-refractivity contribution in [2.24, 2.45) is 0 Å². The largest absolute Gasteiger partial charge is 0.493 e. The third-order valence-corrected chi connectivity index (χ3v) is 7.88. The predicted octanol–water partition coefficient (Wildman–Crippen LogP) is 6.31. The van der Waals surface area contributed by atoms with Crippen molar-refractivity contribution in [1.82, 2.24) is 14.3 Å². The average Bonchev–Trinajstić information content (AvgIpc) is 3.42. The molecule has 0 spiro atoms. The minimum absolute atomic E-state index is 0.0755. The monoisotopic (exact) mass is 499 g/mol. The van der Waals surface area contributed by atoms with Gasteiger partial charge in [-0.15, -0.1) is 0 Å². The van der Waals surface area contributed by atoms with Gasteiger partial charge in [-0.1, -0.05) is 72.8 Å². The predicted molar refractivity (Wildman–Crippen MR) is 145 cm³/mol. The topological polar surface area (TPSA) is 47.5 Å². The van der Waals surface area contributed by atoms with Gasteiger partial charge in [0.25, 0.3) is 0 Å². The number of hydrogen-bond acceptors (Lipinski definition) is 6. The number of rotatable bonds is 9. The standard InChI is InChI=1S/C30H33N3O2S/c1-34-26-15-9-14-25(29(26)35-2)28(33-20-18-24(19-21-33)23-12-7-4-8-13-23)30-31-27(36-32-30)17-16-22-10-5-3-6-11-22/h3-15,24,28H,16-21H2,1-2H3. The second kappa shape index (κ2) is 11.7. The highest BCUT2D eigenvalue weighted by atomic mass is 32.1. The fourth-order valence-electron chi connectivity index (χ4n) is 5.22. The molecule has 1 aromatic heterocycles. The van der Waals surface area contributed by atoms with Gasteiger partial charge in [0.2, 0.25) is 0 Å². The third kappa shape index (κ3) is 5.45. The molecule has 3 aromatic carbocycles. The molecule has 5 nitrogen and oxygen atoms in total. The van der Waals surface area contributed by atoms with Crippen LogP contribution in [0.5, 0.6) is 11.5 Å². The first-order chi connectivity index (χ1) is 17.8. The van der Waals surface area contributed by atoms with Crippen LogP contribution in [0.3, 0.4) is 0 Å². The second-order valence-corrected chi connectivity index (χ2v) is 10.1. The van der Waals surface area contributed by atoms with Crippen LogP contribution in [0, 0.1) is 0 Å². The van der Waals surface area contributed by atoms with E-state index in [1.165, 1.54) is 22.7 Å². The molecular weight excluding hydrogens is 466 g/mol. The molecule has 2 heterocycles. The smallest absolute Gasteiger partial charge is 0.165 e. The molecule has 0 amide bonds. The third-order valence-electron chi connectivity index (χ3n) is 7.09. The number of likely N-dealkylation sites (tertiary alicyclic amines) is 1. The molecule has 0 bridgehead atoms. The number of benzene rings is 3. The minimum Gasteiger partial charge on any atom is -0.493 e. The molecule has 186 valence electrons. The molecule has 0 radical (unpaired) electrons. The van der Waals surface area contributed by atoms with Crippen LogP contribution in [0.1, 0.15) is 52.3 Å². The Hall–Kier alpha value is -3.22. The van der Waals surface area contributed by atoms with Gasteiger partial charge >= 0.3 is 0 Å². The highest BCUT2D eigenvalue weighted by molar-refractivity contribution is 7.05. The van der Waals surface area contributed by atoms with Crippen LogP contribution < -0.4 is 9.47 Å². The molecular formula is C30H33N3O2S. The molecule has 36 heavy (non-hydrogen) atoms. The summed E-state index contributed by atoms with van der Waals surface area (Å²) >= 11 is 1.52. The summed E-state index contributed by atoms with van der Waals surface area (Å²) in [5, 5.41) is 1.07. The Bertz CT molecular complexity index is 1240. The number of piperidine rings is 1. The summed E-state index contributed by atoms with van der Waals surface area (Å²) in [5.41, 5.74) is 3.81. The van der Waals surface area contributed by atoms with Crippen molar-refractivity contribution in [2.75, 3.05) is 27.3 Å². The van der Waals surface area contributed by atoms with E-state index in [1.807, 2.05) is 12.1 Å². The van der Waals surface area contributed by atoms with Gasteiger partial charge < -0.3 is 9.47 Å². The van der Waals surface area contributed by atoms with Crippen molar-refractivity contribution in [2.45, 2.75) is 37.6 Å². The van der Waals surface area contributed by atoms with Crippen molar-refractivity contribution in [3.63, 3.8) is 0 Å². The number of nitrogens with zero attached hydrogens (tertiary/aromatic N) is 3. The van der Waals surface area contributed by atoms with Gasteiger partial charge in [-0.05, 0) is 67.0 Å². The Labute approximate surface area is 217 Å². The van der Waals surface area contributed by atoms with Crippen molar-refractivity contribution in [1.29, 1.82) is 0 Å². The number of para-hydroxylation sites is 1. The summed E-state index contributed by atoms with van der Waals surface area (Å²) in [6.45, 7) is 1.95. The Morgan fingerprint density at radius 1 is 0.861 bits per heavy atom. The lowest BCUT2D eigenvalue weighted by Crippen LogP contribution is -2.37. The van der Waals surface area contributed by atoms with Crippen molar-refractivity contribution >= 4 is 11.5 Å². The maximum absolute atomic E-state index is 5.86. The molecule has 0 saturated carbocycles. The molecule has 0 N–H and O–H groups in total. The van der Waals surface area contributed by atoms with E-state index in [-0.39, 0.29) is 6.04 Å². The van der Waals surface area contributed by atoms with Crippen LogP contribution in [0.25, 0.3) is 0 Å². The molecule has 1 saturated heterocycles. The van der Waals surface area contributed by atoms with Gasteiger partial charge in [0.05, 0.1) is 14.2 Å². The highest BCUT2D eigenvalue weighted by Crippen LogP contribution is 2.41. The zero-order chi connectivity index (χ0) is 24.7. The molecule has 1 atom stereocenters. The molecule has 1 aliphatic rings. The quantitative estimate of drug-likeness (QED) is 0.270. The van der Waals surface area contributed by atoms with Crippen molar-refractivity contribution in [3.05, 3.63) is 106 Å². The summed E-state index contributed by atoms with van der Waals surface area (Å²) in [7, 11) is 3.39. The van der Waals surface area contributed by atoms with Crippen LogP contribution in [-0.2, 0) is 12.8 Å². The fourth-order valence-corrected chi connectivity index (χ4v) is 5.89. The number of aromatic nitrogens is 2. The van der Waals surface area contributed by atoms with E-state index < -0.39 is 0 Å². The van der Waals surface area contributed by atoms with Gasteiger partial charge in [-0.2, -0.15) is 4.37 Å². The normalized spacial score (nSPS) is 15.5. The molecule has 0 aliphatic carbocycles. The Balaban J connectivity index is 1.41. The van der Waals surface area contributed by atoms with E-state index in [2.05, 4.69) is 71.6 Å². The summed E-state index contributed by atoms with van der Waals surface area (Å²) in [5.74, 6) is 2.93. The van der Waals surface area contributed by atoms with Crippen LogP contribution in [0.2, 0.25) is 0 Å². The SMILES string of the molecule is COc1cccc(C(c2nsc(CCc3ccccc3)n2)N2CCC(c3ccccc3)CC2)c1OC. The lowest BCUT2D eigenvalue weighted by atomic mass is 9.88. The maximum Gasteiger partial charge on any atom is 0.165 e. The van der Waals surface area contributed by atoms with Gasteiger partial charge in [-0.3, -0.25) is 4.90 Å². The number of ether oxygens (including phenoxy) is 2. The summed E-state index contributed by atoms with van der Waals surface area (Å²) in [6, 6.07) is 27.5. The zero-order valence-electron chi connectivity index (χ0n) is 21.0. The number of hydrogen-bond donors (Lipinski definition) is 0. The van der Waals surface area contributed by atoms with Gasteiger partial charge in [0.15, 0.2) is 17.3 Å². The van der Waals surface area contributed by atoms with E-state index in [0.717, 1.165) is 66.7 Å². The zero-order valence-corrected chi connectivity index (χ0v) is 21.8. The molecule has 1 aliphatic heterocycles. The van der Waals surface area contributed by atoms with Gasteiger partial charge in [-0.25, -0.2) is 4.98 Å². The van der Waals surface area contributed by atoms with Crippen LogP contribution in [-0.4, -0.2) is 41.6 Å². The van der Waals surface area contributed by atoms with Crippen LogP contribution in [0.15, 0.2) is 78.9 Å². The van der Waals surface area contributed by atoms with Crippen molar-refractivity contribution in [3.8, 4) is 11.5 Å². The first-order valence-electron chi connectivity index (χ1n) is 12.6. The number of aryl methyl sites for hydroxylation is 2. The highest BCUT2D eigenvalue weighted by Gasteiger charge is 2.33. The van der Waals surface area contributed by atoms with Crippen LogP contribution >= 0.6 is 11.5 Å². The van der Waals surface area contributed by atoms with E-state index in [0.29, 0.717) is 5.92 Å². The van der Waals surface area contributed by atoms with E-state index in [1.54, 1.807) is 14.2 Å². The molecule has 4 aromatic rings. The average molecular weight is 500 g/mol. The van der Waals surface area contributed by atoms with E-state index in [4.69, 9.17) is 18.8 Å². The minimum atomic E-state index is -0.0755. The molecule has 1 fully saturated rings. The van der Waals surface area contributed by atoms with E-state index in [9.17, 15) is 0 Å². The second-order valence-electron chi connectivity index (χ2n) is 9.24. The lowest BCUT2D eigenvalue weighted by Gasteiger charge is -2.37. The van der Waals surface area contributed by atoms with Gasteiger partial charge in [0, 0.05) is 12.0 Å². The fraction of sp³-hybridized carbons (Fsp3) is 0.333. The molecule has 6 heteroatoms. The maximum atomic E-state index is 5.86. The summed E-state index contributed by atoms with van der Waals surface area (Å²) in [4.78, 5) is 7.57.